The Balaban J connectivity index is 4.00. The molecule has 0 fully saturated rings. The van der Waals surface area contributed by atoms with Gasteiger partial charge in [0.1, 0.15) is 11.6 Å². The molecule has 0 bridgehead atoms. The molecule has 1 N–H and O–H groups in total. The number of ether oxygens (including phenoxy) is 3. The number of nitrogens with one attached hydrogen (secondary N) is 1. The summed E-state index contributed by atoms with van der Waals surface area (Å²) in [6, 6.07) is -0.893. The van der Waals surface area contributed by atoms with Crippen molar-refractivity contribution in [2.75, 3.05) is 6.79 Å². The zero-order chi connectivity index (χ0) is 14.3. The summed E-state index contributed by atoms with van der Waals surface area (Å²) in [6.07, 6.45) is -0.723. The first-order chi connectivity index (χ1) is 8.11. The van der Waals surface area contributed by atoms with Crippen LogP contribution < -0.4 is 5.32 Å². The number of carbonyl (C=O) groups is 3. The van der Waals surface area contributed by atoms with Crippen LogP contribution in [0.5, 0.6) is 0 Å². The highest BCUT2D eigenvalue weighted by Gasteiger charge is 2.21. The van der Waals surface area contributed by atoms with Crippen molar-refractivity contribution in [3.05, 3.63) is 0 Å². The van der Waals surface area contributed by atoms with E-state index in [-0.39, 0.29) is 0 Å². The molecule has 0 aromatic heterocycles. The zero-order valence-electron chi connectivity index (χ0n) is 11.2. The second-order valence-corrected chi connectivity index (χ2v) is 4.59. The summed E-state index contributed by atoms with van der Waals surface area (Å²) in [5, 5.41) is 2.30. The highest BCUT2D eigenvalue weighted by molar-refractivity contribution is 5.81. The van der Waals surface area contributed by atoms with Crippen LogP contribution in [0.3, 0.4) is 0 Å². The normalized spacial score (nSPS) is 12.3. The Hall–Kier alpha value is -1.79. The molecule has 0 heterocycles. The van der Waals surface area contributed by atoms with E-state index in [1.807, 2.05) is 0 Å². The van der Waals surface area contributed by atoms with Crippen molar-refractivity contribution in [3.63, 3.8) is 0 Å². The molecule has 7 heteroatoms. The molecule has 18 heavy (non-hydrogen) atoms. The predicted octanol–water partition coefficient (Wildman–Crippen LogP) is 0.963. The molecular formula is C11H19NO6. The first kappa shape index (κ1) is 16.2. The van der Waals surface area contributed by atoms with Gasteiger partial charge in [0.15, 0.2) is 0 Å². The molecule has 0 aliphatic carbocycles. The summed E-state index contributed by atoms with van der Waals surface area (Å²) in [5.41, 5.74) is -0.647. The van der Waals surface area contributed by atoms with Gasteiger partial charge in [0.05, 0.1) is 0 Å². The van der Waals surface area contributed by atoms with Crippen LogP contribution in [0.15, 0.2) is 0 Å². The summed E-state index contributed by atoms with van der Waals surface area (Å²) in [6.45, 7) is 7.26. The van der Waals surface area contributed by atoms with Gasteiger partial charge in [-0.3, -0.25) is 4.79 Å². The number of amides is 1. The largest absolute Gasteiger partial charge is 0.444 e. The number of alkyl carbamates (subject to hydrolysis) is 1. The minimum atomic E-state index is -0.893. The lowest BCUT2D eigenvalue weighted by atomic mass is 10.2. The molecule has 1 amide bonds. The number of esters is 2. The Morgan fingerprint density at radius 3 is 2.17 bits per heavy atom. The fraction of sp³-hybridized carbons (Fsp3) is 0.727. The molecular weight excluding hydrogens is 242 g/mol. The minimum absolute atomic E-state index is 0.478. The van der Waals surface area contributed by atoms with Crippen LogP contribution in [0, 0.1) is 0 Å². The van der Waals surface area contributed by atoms with Crippen molar-refractivity contribution in [3.8, 4) is 0 Å². The van der Waals surface area contributed by atoms with Gasteiger partial charge in [-0.1, -0.05) is 0 Å². The van der Waals surface area contributed by atoms with Gasteiger partial charge in [-0.2, -0.15) is 0 Å². The molecule has 0 rings (SSSR count). The van der Waals surface area contributed by atoms with Gasteiger partial charge in [-0.15, -0.1) is 0 Å². The highest BCUT2D eigenvalue weighted by Crippen LogP contribution is 2.06. The van der Waals surface area contributed by atoms with Crippen LogP contribution in [0.1, 0.15) is 34.6 Å². The van der Waals surface area contributed by atoms with Gasteiger partial charge in [-0.05, 0) is 27.7 Å². The molecule has 0 radical (unpaired) electrons. The fourth-order valence-electron chi connectivity index (χ4n) is 0.839. The molecule has 0 aliphatic rings. The van der Waals surface area contributed by atoms with E-state index in [2.05, 4.69) is 14.8 Å². The van der Waals surface area contributed by atoms with Crippen molar-refractivity contribution >= 4 is 18.0 Å². The number of hydrogen-bond acceptors (Lipinski definition) is 6. The van der Waals surface area contributed by atoms with Crippen molar-refractivity contribution in [2.24, 2.45) is 0 Å². The molecule has 0 spiro atoms. The maximum absolute atomic E-state index is 11.3. The zero-order valence-corrected chi connectivity index (χ0v) is 11.2. The Bertz CT molecular complexity index is 320. The first-order valence-electron chi connectivity index (χ1n) is 5.41. The van der Waals surface area contributed by atoms with E-state index >= 15 is 0 Å². The lowest BCUT2D eigenvalue weighted by Crippen LogP contribution is -2.42. The van der Waals surface area contributed by atoms with E-state index < -0.39 is 36.5 Å². The molecule has 0 aromatic carbocycles. The van der Waals surface area contributed by atoms with Crippen molar-refractivity contribution in [2.45, 2.75) is 46.3 Å². The average Bonchev–Trinajstić information content (AvgIpc) is 2.13. The second-order valence-electron chi connectivity index (χ2n) is 4.59. The smallest absolute Gasteiger partial charge is 0.408 e. The van der Waals surface area contributed by atoms with Crippen LogP contribution in [-0.2, 0) is 23.8 Å². The molecule has 7 nitrogen and oxygen atoms in total. The Morgan fingerprint density at radius 2 is 1.72 bits per heavy atom. The summed E-state index contributed by atoms with van der Waals surface area (Å²) >= 11 is 0. The average molecular weight is 261 g/mol. The summed E-state index contributed by atoms with van der Waals surface area (Å²) < 4.78 is 14.0. The molecule has 0 aliphatic heterocycles. The SMILES string of the molecule is CC(=O)OCOC(=O)[C@H](C)NC(=O)OC(C)(C)C. The van der Waals surface area contributed by atoms with Crippen LogP contribution >= 0.6 is 0 Å². The van der Waals surface area contributed by atoms with Gasteiger partial charge in [-0.25, -0.2) is 9.59 Å². The topological polar surface area (TPSA) is 90.9 Å². The first-order valence-corrected chi connectivity index (χ1v) is 5.41. The van der Waals surface area contributed by atoms with Gasteiger partial charge in [0.2, 0.25) is 6.79 Å². The van der Waals surface area contributed by atoms with Crippen molar-refractivity contribution < 1.29 is 28.6 Å². The van der Waals surface area contributed by atoms with Gasteiger partial charge in [0.25, 0.3) is 0 Å². The number of hydrogen-bond donors (Lipinski definition) is 1. The summed E-state index contributed by atoms with van der Waals surface area (Å²) in [5.74, 6) is -1.28. The molecule has 0 aromatic rings. The molecule has 104 valence electrons. The maximum Gasteiger partial charge on any atom is 0.408 e. The van der Waals surface area contributed by atoms with E-state index in [4.69, 9.17) is 4.74 Å². The number of rotatable bonds is 4. The lowest BCUT2D eigenvalue weighted by molar-refractivity contribution is -0.166. The Kier molecular flexibility index (Phi) is 6.15. The van der Waals surface area contributed by atoms with E-state index in [1.54, 1.807) is 20.8 Å². The van der Waals surface area contributed by atoms with E-state index in [9.17, 15) is 14.4 Å². The van der Waals surface area contributed by atoms with E-state index in [1.165, 1.54) is 13.8 Å². The number of carbonyl (C=O) groups excluding carboxylic acids is 3. The minimum Gasteiger partial charge on any atom is -0.444 e. The van der Waals surface area contributed by atoms with Crippen LogP contribution in [0.2, 0.25) is 0 Å². The van der Waals surface area contributed by atoms with Crippen molar-refractivity contribution in [1.82, 2.24) is 5.32 Å². The Morgan fingerprint density at radius 1 is 1.17 bits per heavy atom. The highest BCUT2D eigenvalue weighted by atomic mass is 16.7. The van der Waals surface area contributed by atoms with Crippen LogP contribution in [0.4, 0.5) is 4.79 Å². The fourth-order valence-corrected chi connectivity index (χ4v) is 0.839. The monoisotopic (exact) mass is 261 g/mol. The molecule has 0 saturated heterocycles. The second kappa shape index (κ2) is 6.83. The van der Waals surface area contributed by atoms with E-state index in [0.29, 0.717) is 0 Å². The quantitative estimate of drug-likeness (QED) is 0.598. The maximum atomic E-state index is 11.3. The van der Waals surface area contributed by atoms with Gasteiger partial charge in [0, 0.05) is 6.92 Å². The Labute approximate surface area is 106 Å². The third kappa shape index (κ3) is 8.37. The van der Waals surface area contributed by atoms with Crippen molar-refractivity contribution in [1.29, 1.82) is 0 Å². The molecule has 0 saturated carbocycles. The van der Waals surface area contributed by atoms with E-state index in [0.717, 1.165) is 0 Å². The predicted molar refractivity (Wildman–Crippen MR) is 61.6 cm³/mol. The molecule has 0 unspecified atom stereocenters. The van der Waals surface area contributed by atoms with Gasteiger partial charge < -0.3 is 19.5 Å². The standard InChI is InChI=1S/C11H19NO6/c1-7(9(14)17-6-16-8(2)13)12-10(15)18-11(3,4)5/h7H,6H2,1-5H3,(H,12,15)/t7-/m0/s1. The summed E-state index contributed by atoms with van der Waals surface area (Å²) in [7, 11) is 0. The van der Waals surface area contributed by atoms with Crippen LogP contribution in [-0.4, -0.2) is 36.5 Å². The third-order valence-electron chi connectivity index (χ3n) is 1.55. The van der Waals surface area contributed by atoms with Crippen LogP contribution in [0.25, 0.3) is 0 Å². The molecule has 1 atom stereocenters. The lowest BCUT2D eigenvalue weighted by Gasteiger charge is -2.21. The summed E-state index contributed by atoms with van der Waals surface area (Å²) in [4.78, 5) is 33.1. The van der Waals surface area contributed by atoms with Gasteiger partial charge >= 0.3 is 18.0 Å². The third-order valence-corrected chi connectivity index (χ3v) is 1.55.